The van der Waals surface area contributed by atoms with Crippen LogP contribution in [0.3, 0.4) is 0 Å². The Morgan fingerprint density at radius 2 is 2.33 bits per heavy atom. The predicted molar refractivity (Wildman–Crippen MR) is 93.5 cm³/mol. The fourth-order valence-corrected chi connectivity index (χ4v) is 3.40. The van der Waals surface area contributed by atoms with Crippen molar-refractivity contribution in [3.63, 3.8) is 0 Å². The molecular weight excluding hydrogens is 401 g/mol. The number of rotatable bonds is 3. The van der Waals surface area contributed by atoms with E-state index in [1.807, 2.05) is 18.2 Å². The summed E-state index contributed by atoms with van der Waals surface area (Å²) < 4.78 is 1.10. The van der Waals surface area contributed by atoms with Crippen molar-refractivity contribution in [1.82, 2.24) is 15.2 Å². The molecular formula is C14H17ClIN5. The second kappa shape index (κ2) is 6.50. The van der Waals surface area contributed by atoms with Gasteiger partial charge in [-0.1, -0.05) is 11.6 Å². The molecule has 21 heavy (non-hydrogen) atoms. The van der Waals surface area contributed by atoms with Gasteiger partial charge in [0.1, 0.15) is 0 Å². The molecule has 1 atom stereocenters. The third-order valence-corrected chi connectivity index (χ3v) is 4.97. The van der Waals surface area contributed by atoms with Crippen LogP contribution in [-0.2, 0) is 0 Å². The molecule has 0 amide bonds. The Morgan fingerprint density at radius 1 is 1.48 bits per heavy atom. The normalized spacial score (nSPS) is 19.0. The van der Waals surface area contributed by atoms with Gasteiger partial charge < -0.3 is 10.6 Å². The van der Waals surface area contributed by atoms with Gasteiger partial charge in [0.25, 0.3) is 0 Å². The van der Waals surface area contributed by atoms with Gasteiger partial charge >= 0.3 is 0 Å². The average molecular weight is 418 g/mol. The summed E-state index contributed by atoms with van der Waals surface area (Å²) in [6.07, 6.45) is 2.33. The molecule has 0 radical (unpaired) electrons. The Kier molecular flexibility index (Phi) is 4.66. The lowest BCUT2D eigenvalue weighted by molar-refractivity contribution is 0.420. The van der Waals surface area contributed by atoms with Crippen LogP contribution in [0.15, 0.2) is 18.2 Å². The highest BCUT2D eigenvalue weighted by atomic mass is 127. The maximum atomic E-state index is 6.07. The van der Waals surface area contributed by atoms with E-state index in [9.17, 15) is 0 Å². The molecule has 0 aliphatic carbocycles. The first-order valence-electron chi connectivity index (χ1n) is 7.00. The number of hydrogen-bond donors (Lipinski definition) is 2. The summed E-state index contributed by atoms with van der Waals surface area (Å²) in [5.41, 5.74) is 6.77. The molecule has 7 heteroatoms. The van der Waals surface area contributed by atoms with Crippen LogP contribution in [0.1, 0.15) is 12.8 Å². The van der Waals surface area contributed by atoms with Crippen molar-refractivity contribution in [1.29, 1.82) is 0 Å². The number of hydrogen-bond acceptors (Lipinski definition) is 4. The Balaban J connectivity index is 1.84. The largest absolute Gasteiger partial charge is 0.339 e. The van der Waals surface area contributed by atoms with Gasteiger partial charge in [0.05, 0.1) is 0 Å². The van der Waals surface area contributed by atoms with Crippen LogP contribution in [0.4, 0.5) is 5.95 Å². The molecule has 1 saturated heterocycles. The summed E-state index contributed by atoms with van der Waals surface area (Å²) in [5, 5.41) is 8.08. The topological polar surface area (TPSA) is 70.8 Å². The van der Waals surface area contributed by atoms with E-state index in [1.54, 1.807) is 0 Å². The number of aromatic nitrogens is 3. The molecule has 5 nitrogen and oxygen atoms in total. The highest BCUT2D eigenvalue weighted by molar-refractivity contribution is 14.1. The summed E-state index contributed by atoms with van der Waals surface area (Å²) >= 11 is 8.35. The second-order valence-electron chi connectivity index (χ2n) is 5.30. The zero-order chi connectivity index (χ0) is 14.8. The van der Waals surface area contributed by atoms with Gasteiger partial charge in [-0.05, 0) is 66.1 Å². The van der Waals surface area contributed by atoms with E-state index in [4.69, 9.17) is 17.3 Å². The molecule has 2 heterocycles. The van der Waals surface area contributed by atoms with Crippen molar-refractivity contribution in [2.24, 2.45) is 11.7 Å². The first-order valence-corrected chi connectivity index (χ1v) is 8.46. The molecule has 1 aromatic carbocycles. The molecule has 1 aliphatic heterocycles. The zero-order valence-electron chi connectivity index (χ0n) is 11.5. The number of anilines is 1. The maximum Gasteiger partial charge on any atom is 0.245 e. The van der Waals surface area contributed by atoms with Gasteiger partial charge in [0.2, 0.25) is 5.95 Å². The SMILES string of the molecule is NCC1CCCN(c2n[nH]c(-c3cc(Cl)ccc3I)n2)C1. The number of aromatic amines is 1. The maximum absolute atomic E-state index is 6.07. The minimum absolute atomic E-state index is 0.534. The zero-order valence-corrected chi connectivity index (χ0v) is 14.4. The van der Waals surface area contributed by atoms with Crippen LogP contribution >= 0.6 is 34.2 Å². The van der Waals surface area contributed by atoms with Crippen LogP contribution in [0, 0.1) is 9.49 Å². The molecule has 0 saturated carbocycles. The average Bonchev–Trinajstić information content (AvgIpc) is 2.99. The molecule has 0 bridgehead atoms. The molecule has 1 aliphatic rings. The third-order valence-electron chi connectivity index (χ3n) is 3.79. The van der Waals surface area contributed by atoms with Crippen molar-refractivity contribution < 1.29 is 0 Å². The standard InChI is InChI=1S/C14H17ClIN5/c15-10-3-4-12(16)11(6-10)13-18-14(20-19-13)21-5-1-2-9(7-17)8-21/h3-4,6,9H,1-2,5,7-8,17H2,(H,18,19,20). The highest BCUT2D eigenvalue weighted by Crippen LogP contribution is 2.27. The van der Waals surface area contributed by atoms with E-state index >= 15 is 0 Å². The minimum Gasteiger partial charge on any atom is -0.339 e. The summed E-state index contributed by atoms with van der Waals surface area (Å²) in [4.78, 5) is 6.84. The lowest BCUT2D eigenvalue weighted by atomic mass is 9.99. The Morgan fingerprint density at radius 3 is 3.14 bits per heavy atom. The monoisotopic (exact) mass is 417 g/mol. The minimum atomic E-state index is 0.534. The van der Waals surface area contributed by atoms with E-state index in [-0.39, 0.29) is 0 Å². The van der Waals surface area contributed by atoms with E-state index in [1.165, 1.54) is 6.42 Å². The number of nitrogens with two attached hydrogens (primary N) is 1. The van der Waals surface area contributed by atoms with Gasteiger partial charge in [0.15, 0.2) is 5.82 Å². The third kappa shape index (κ3) is 3.32. The first kappa shape index (κ1) is 15.1. The molecule has 0 spiro atoms. The number of H-pyrrole nitrogens is 1. The first-order chi connectivity index (χ1) is 10.2. The Bertz CT molecular complexity index is 630. The molecule has 1 unspecified atom stereocenters. The predicted octanol–water partition coefficient (Wildman–Crippen LogP) is 2.90. The van der Waals surface area contributed by atoms with Gasteiger partial charge in [0, 0.05) is 27.2 Å². The van der Waals surface area contributed by atoms with Crippen molar-refractivity contribution in [3.8, 4) is 11.4 Å². The quantitative estimate of drug-likeness (QED) is 0.754. The van der Waals surface area contributed by atoms with E-state index in [2.05, 4.69) is 42.7 Å². The highest BCUT2D eigenvalue weighted by Gasteiger charge is 2.22. The fourth-order valence-electron chi connectivity index (χ4n) is 2.63. The van der Waals surface area contributed by atoms with Gasteiger partial charge in [-0.15, -0.1) is 5.10 Å². The number of benzene rings is 1. The molecule has 1 aromatic heterocycles. The van der Waals surface area contributed by atoms with Gasteiger partial charge in [-0.2, -0.15) is 4.98 Å². The van der Waals surface area contributed by atoms with Crippen LogP contribution in [0.2, 0.25) is 5.02 Å². The lowest BCUT2D eigenvalue weighted by Gasteiger charge is -2.31. The van der Waals surface area contributed by atoms with Gasteiger partial charge in [-0.25, -0.2) is 0 Å². The molecule has 3 rings (SSSR count). The van der Waals surface area contributed by atoms with Gasteiger partial charge in [-0.3, -0.25) is 5.10 Å². The summed E-state index contributed by atoms with van der Waals surface area (Å²) in [7, 11) is 0. The molecule has 1 fully saturated rings. The van der Waals surface area contributed by atoms with Crippen molar-refractivity contribution in [2.75, 3.05) is 24.5 Å². The van der Waals surface area contributed by atoms with Crippen LogP contribution in [0.25, 0.3) is 11.4 Å². The smallest absolute Gasteiger partial charge is 0.245 e. The summed E-state index contributed by atoms with van der Waals surface area (Å²) in [6.45, 7) is 2.64. The number of halogens is 2. The fraction of sp³-hybridized carbons (Fsp3) is 0.429. The van der Waals surface area contributed by atoms with E-state index in [0.29, 0.717) is 10.9 Å². The number of nitrogens with one attached hydrogen (secondary N) is 1. The van der Waals surface area contributed by atoms with Crippen LogP contribution in [0.5, 0.6) is 0 Å². The lowest BCUT2D eigenvalue weighted by Crippen LogP contribution is -2.38. The van der Waals surface area contributed by atoms with Crippen molar-refractivity contribution in [2.45, 2.75) is 12.8 Å². The number of nitrogens with zero attached hydrogens (tertiary/aromatic N) is 3. The van der Waals surface area contributed by atoms with E-state index in [0.717, 1.165) is 47.0 Å². The van der Waals surface area contributed by atoms with E-state index < -0.39 is 0 Å². The summed E-state index contributed by atoms with van der Waals surface area (Å²) in [6, 6.07) is 5.76. The summed E-state index contributed by atoms with van der Waals surface area (Å²) in [5.74, 6) is 2.04. The Hall–Kier alpha value is -0.860. The molecule has 112 valence electrons. The molecule has 3 N–H and O–H groups in total. The van der Waals surface area contributed by atoms with Crippen LogP contribution in [-0.4, -0.2) is 34.8 Å². The van der Waals surface area contributed by atoms with Crippen molar-refractivity contribution >= 4 is 40.1 Å². The number of piperidine rings is 1. The Labute approximate surface area is 142 Å². The second-order valence-corrected chi connectivity index (χ2v) is 6.90. The van der Waals surface area contributed by atoms with Crippen molar-refractivity contribution in [3.05, 3.63) is 26.8 Å². The molecule has 2 aromatic rings. The van der Waals surface area contributed by atoms with Crippen LogP contribution < -0.4 is 10.6 Å².